The second-order valence-corrected chi connectivity index (χ2v) is 6.76. The zero-order valence-electron chi connectivity index (χ0n) is 15.3. The highest BCUT2D eigenvalue weighted by Crippen LogP contribution is 2.16. The Morgan fingerprint density at radius 3 is 2.31 bits per heavy atom. The van der Waals surface area contributed by atoms with E-state index in [2.05, 4.69) is 17.4 Å². The summed E-state index contributed by atoms with van der Waals surface area (Å²) in [5, 5.41) is 3.22. The molecule has 1 amide bonds. The highest BCUT2D eigenvalue weighted by Gasteiger charge is 2.14. The topological polar surface area (TPSA) is 41.6 Å². The first-order chi connectivity index (χ1) is 12.8. The molecule has 1 heterocycles. The van der Waals surface area contributed by atoms with Crippen molar-refractivity contribution in [2.75, 3.05) is 31.6 Å². The lowest BCUT2D eigenvalue weighted by atomic mass is 10.2. The van der Waals surface area contributed by atoms with Crippen molar-refractivity contribution < 1.29 is 9.53 Å². The molecule has 2 aromatic rings. The number of amides is 1. The van der Waals surface area contributed by atoms with E-state index in [-0.39, 0.29) is 5.91 Å². The second kappa shape index (κ2) is 9.85. The van der Waals surface area contributed by atoms with Crippen LogP contribution in [0.5, 0.6) is 5.75 Å². The Labute approximate surface area is 156 Å². The van der Waals surface area contributed by atoms with Gasteiger partial charge in [-0.1, -0.05) is 43.2 Å². The normalized spacial score (nSPS) is 14.5. The number of benzene rings is 2. The summed E-state index contributed by atoms with van der Waals surface area (Å²) >= 11 is 0. The van der Waals surface area contributed by atoms with Gasteiger partial charge in [0.1, 0.15) is 5.75 Å². The van der Waals surface area contributed by atoms with Crippen LogP contribution >= 0.6 is 0 Å². The van der Waals surface area contributed by atoms with Crippen LogP contribution in [-0.4, -0.2) is 37.0 Å². The SMILES string of the molecule is O=C(CNc1ccc(OCCc2ccccc2)cc1)N1CCCCCC1. The minimum Gasteiger partial charge on any atom is -0.493 e. The largest absolute Gasteiger partial charge is 0.493 e. The van der Waals surface area contributed by atoms with E-state index in [9.17, 15) is 4.79 Å². The summed E-state index contributed by atoms with van der Waals surface area (Å²) in [5.74, 6) is 1.04. The van der Waals surface area contributed by atoms with Gasteiger partial charge in [-0.3, -0.25) is 4.79 Å². The number of hydrogen-bond donors (Lipinski definition) is 1. The quantitative estimate of drug-likeness (QED) is 0.815. The van der Waals surface area contributed by atoms with Crippen LogP contribution in [-0.2, 0) is 11.2 Å². The second-order valence-electron chi connectivity index (χ2n) is 6.76. The van der Waals surface area contributed by atoms with E-state index in [1.165, 1.54) is 18.4 Å². The number of rotatable bonds is 7. The van der Waals surface area contributed by atoms with E-state index in [1.807, 2.05) is 47.4 Å². The van der Waals surface area contributed by atoms with Crippen LogP contribution in [0.25, 0.3) is 0 Å². The minimum atomic E-state index is 0.190. The molecule has 3 rings (SSSR count). The molecule has 1 aliphatic rings. The van der Waals surface area contributed by atoms with Crippen LogP contribution in [0, 0.1) is 0 Å². The summed E-state index contributed by atoms with van der Waals surface area (Å²) in [4.78, 5) is 14.3. The van der Waals surface area contributed by atoms with Crippen molar-refractivity contribution in [1.82, 2.24) is 4.90 Å². The molecular weight excluding hydrogens is 324 g/mol. The van der Waals surface area contributed by atoms with Crippen molar-refractivity contribution in [2.45, 2.75) is 32.1 Å². The third-order valence-electron chi connectivity index (χ3n) is 4.76. The predicted octanol–water partition coefficient (Wildman–Crippen LogP) is 4.12. The molecule has 0 saturated carbocycles. The number of carbonyl (C=O) groups excluding carboxylic acids is 1. The molecular formula is C22H28N2O2. The number of nitrogens with zero attached hydrogens (tertiary/aromatic N) is 1. The molecule has 26 heavy (non-hydrogen) atoms. The average Bonchev–Trinajstić information content (AvgIpc) is 2.97. The Morgan fingerprint density at radius 2 is 1.62 bits per heavy atom. The van der Waals surface area contributed by atoms with Gasteiger partial charge in [-0.05, 0) is 42.7 Å². The molecule has 1 saturated heterocycles. The summed E-state index contributed by atoms with van der Waals surface area (Å²) in [6.07, 6.45) is 5.62. The van der Waals surface area contributed by atoms with Gasteiger partial charge < -0.3 is 15.0 Å². The minimum absolute atomic E-state index is 0.190. The van der Waals surface area contributed by atoms with Crippen LogP contribution in [0.2, 0.25) is 0 Å². The van der Waals surface area contributed by atoms with Crippen LogP contribution in [0.4, 0.5) is 5.69 Å². The van der Waals surface area contributed by atoms with Gasteiger partial charge in [0.2, 0.25) is 5.91 Å². The van der Waals surface area contributed by atoms with Gasteiger partial charge in [0.15, 0.2) is 0 Å². The Morgan fingerprint density at radius 1 is 0.923 bits per heavy atom. The Kier molecular flexibility index (Phi) is 6.94. The summed E-state index contributed by atoms with van der Waals surface area (Å²) in [6.45, 7) is 2.81. The molecule has 4 nitrogen and oxygen atoms in total. The first-order valence-corrected chi connectivity index (χ1v) is 9.60. The lowest BCUT2D eigenvalue weighted by Gasteiger charge is -2.20. The maximum absolute atomic E-state index is 12.3. The molecule has 1 N–H and O–H groups in total. The van der Waals surface area contributed by atoms with Crippen molar-refractivity contribution in [3.63, 3.8) is 0 Å². The molecule has 0 aliphatic carbocycles. The van der Waals surface area contributed by atoms with E-state index in [1.54, 1.807) is 0 Å². The third-order valence-corrected chi connectivity index (χ3v) is 4.76. The van der Waals surface area contributed by atoms with Gasteiger partial charge in [0.05, 0.1) is 13.2 Å². The summed E-state index contributed by atoms with van der Waals surface area (Å²) in [6, 6.07) is 18.2. The zero-order chi connectivity index (χ0) is 18.0. The lowest BCUT2D eigenvalue weighted by Crippen LogP contribution is -2.36. The molecule has 4 heteroatoms. The average molecular weight is 352 g/mol. The van der Waals surface area contributed by atoms with Gasteiger partial charge in [-0.15, -0.1) is 0 Å². The Hall–Kier alpha value is -2.49. The van der Waals surface area contributed by atoms with E-state index in [4.69, 9.17) is 4.74 Å². The molecule has 0 radical (unpaired) electrons. The Bertz CT molecular complexity index is 662. The van der Waals surface area contributed by atoms with Crippen molar-refractivity contribution in [3.05, 3.63) is 60.2 Å². The van der Waals surface area contributed by atoms with E-state index < -0.39 is 0 Å². The van der Waals surface area contributed by atoms with Crippen molar-refractivity contribution in [3.8, 4) is 5.75 Å². The first-order valence-electron chi connectivity index (χ1n) is 9.60. The molecule has 0 unspecified atom stereocenters. The smallest absolute Gasteiger partial charge is 0.241 e. The number of hydrogen-bond acceptors (Lipinski definition) is 3. The van der Waals surface area contributed by atoms with Gasteiger partial charge in [-0.25, -0.2) is 0 Å². The molecule has 0 spiro atoms. The maximum atomic E-state index is 12.3. The van der Waals surface area contributed by atoms with Gasteiger partial charge in [-0.2, -0.15) is 0 Å². The van der Waals surface area contributed by atoms with E-state index in [0.29, 0.717) is 13.2 Å². The molecule has 1 fully saturated rings. The standard InChI is InChI=1S/C22H28N2O2/c25-22(24-15-6-1-2-7-16-24)18-23-20-10-12-21(13-11-20)26-17-14-19-8-4-3-5-9-19/h3-5,8-13,23H,1-2,6-7,14-18H2. The number of carbonyl (C=O) groups is 1. The van der Waals surface area contributed by atoms with Crippen LogP contribution in [0.15, 0.2) is 54.6 Å². The van der Waals surface area contributed by atoms with Crippen molar-refractivity contribution >= 4 is 11.6 Å². The van der Waals surface area contributed by atoms with Gasteiger partial charge >= 0.3 is 0 Å². The summed E-state index contributed by atoms with van der Waals surface area (Å²) in [5.41, 5.74) is 2.22. The summed E-state index contributed by atoms with van der Waals surface area (Å²) < 4.78 is 5.80. The third kappa shape index (κ3) is 5.80. The molecule has 0 aromatic heterocycles. The van der Waals surface area contributed by atoms with Crippen molar-refractivity contribution in [2.24, 2.45) is 0 Å². The van der Waals surface area contributed by atoms with E-state index >= 15 is 0 Å². The van der Waals surface area contributed by atoms with Gasteiger partial charge in [0.25, 0.3) is 0 Å². The number of nitrogens with one attached hydrogen (secondary N) is 1. The number of ether oxygens (including phenoxy) is 1. The molecule has 138 valence electrons. The van der Waals surface area contributed by atoms with Crippen LogP contribution < -0.4 is 10.1 Å². The van der Waals surface area contributed by atoms with Crippen LogP contribution in [0.1, 0.15) is 31.2 Å². The fourth-order valence-electron chi connectivity index (χ4n) is 3.21. The maximum Gasteiger partial charge on any atom is 0.241 e. The van der Waals surface area contributed by atoms with Crippen LogP contribution in [0.3, 0.4) is 0 Å². The monoisotopic (exact) mass is 352 g/mol. The van der Waals surface area contributed by atoms with Gasteiger partial charge in [0, 0.05) is 25.2 Å². The van der Waals surface area contributed by atoms with E-state index in [0.717, 1.165) is 43.8 Å². The predicted molar refractivity (Wildman–Crippen MR) is 106 cm³/mol. The molecule has 2 aromatic carbocycles. The number of anilines is 1. The fourth-order valence-corrected chi connectivity index (χ4v) is 3.21. The zero-order valence-corrected chi connectivity index (χ0v) is 15.3. The Balaban J connectivity index is 1.40. The number of likely N-dealkylation sites (tertiary alicyclic amines) is 1. The molecule has 0 bridgehead atoms. The first kappa shape index (κ1) is 18.3. The van der Waals surface area contributed by atoms with Crippen molar-refractivity contribution in [1.29, 1.82) is 0 Å². The highest BCUT2D eigenvalue weighted by atomic mass is 16.5. The highest BCUT2D eigenvalue weighted by molar-refractivity contribution is 5.80. The fraction of sp³-hybridized carbons (Fsp3) is 0.409. The molecule has 1 aliphatic heterocycles. The lowest BCUT2D eigenvalue weighted by molar-refractivity contribution is -0.129. The molecule has 0 atom stereocenters. The summed E-state index contributed by atoms with van der Waals surface area (Å²) in [7, 11) is 0.